The predicted molar refractivity (Wildman–Crippen MR) is 89.5 cm³/mol. The smallest absolute Gasteiger partial charge is 0.243 e. The Labute approximate surface area is 138 Å². The van der Waals surface area contributed by atoms with Crippen molar-refractivity contribution in [3.8, 4) is 11.6 Å². The Morgan fingerprint density at radius 2 is 1.95 bits per heavy atom. The average Bonchev–Trinajstić information content (AvgIpc) is 2.45. The van der Waals surface area contributed by atoms with Gasteiger partial charge in [0.15, 0.2) is 0 Å². The van der Waals surface area contributed by atoms with Crippen molar-refractivity contribution in [1.82, 2.24) is 9.97 Å². The van der Waals surface area contributed by atoms with Crippen molar-refractivity contribution >= 4 is 33.5 Å². The van der Waals surface area contributed by atoms with Gasteiger partial charge in [-0.25, -0.2) is 4.98 Å². The highest BCUT2D eigenvalue weighted by Gasteiger charge is 2.10. The second kappa shape index (κ2) is 7.09. The van der Waals surface area contributed by atoms with Crippen LogP contribution in [0.3, 0.4) is 0 Å². The van der Waals surface area contributed by atoms with Gasteiger partial charge < -0.3 is 10.1 Å². The minimum absolute atomic E-state index is 0.353. The summed E-state index contributed by atoms with van der Waals surface area (Å²) < 4.78 is 6.88. The van der Waals surface area contributed by atoms with Gasteiger partial charge in [-0.15, -0.1) is 0 Å². The van der Waals surface area contributed by atoms with Gasteiger partial charge in [0, 0.05) is 11.0 Å². The number of halogens is 2. The first kappa shape index (κ1) is 16.0. The highest BCUT2D eigenvalue weighted by atomic mass is 79.9. The maximum atomic E-state index is 6.10. The second-order valence-electron chi connectivity index (χ2n) is 4.75. The number of nitrogens with zero attached hydrogens (tertiary/aromatic N) is 2. The maximum Gasteiger partial charge on any atom is 0.243 e. The lowest BCUT2D eigenvalue weighted by atomic mass is 10.1. The Kier molecular flexibility index (Phi) is 5.42. The van der Waals surface area contributed by atoms with Crippen molar-refractivity contribution < 1.29 is 4.74 Å². The molecule has 2 rings (SSSR count). The van der Waals surface area contributed by atoms with E-state index in [1.165, 1.54) is 0 Å². The van der Waals surface area contributed by atoms with Gasteiger partial charge in [0.05, 0.1) is 6.20 Å². The van der Waals surface area contributed by atoms with E-state index in [1.54, 1.807) is 6.20 Å². The van der Waals surface area contributed by atoms with Crippen LogP contribution in [0.1, 0.15) is 24.5 Å². The van der Waals surface area contributed by atoms with Crippen molar-refractivity contribution in [2.45, 2.75) is 27.2 Å². The molecule has 1 N–H and O–H groups in total. The van der Waals surface area contributed by atoms with E-state index in [9.17, 15) is 0 Å². The topological polar surface area (TPSA) is 47.0 Å². The van der Waals surface area contributed by atoms with E-state index in [4.69, 9.17) is 16.3 Å². The van der Waals surface area contributed by atoms with Crippen LogP contribution in [0, 0.1) is 13.8 Å². The Hall–Kier alpha value is -1.33. The second-order valence-corrected chi connectivity index (χ2v) is 5.95. The molecule has 0 atom stereocenters. The van der Waals surface area contributed by atoms with Gasteiger partial charge in [0.25, 0.3) is 0 Å². The van der Waals surface area contributed by atoms with Crippen LogP contribution in [0.2, 0.25) is 5.02 Å². The SMILES string of the molecule is CCCNc1ncc(Cl)c(Oc2cc(C)c(Br)c(C)c2)n1. The van der Waals surface area contributed by atoms with Gasteiger partial charge in [-0.2, -0.15) is 4.98 Å². The van der Waals surface area contributed by atoms with E-state index in [0.29, 0.717) is 22.6 Å². The standard InChI is InChI=1S/C15H17BrClN3O/c1-4-5-18-15-19-8-12(17)14(20-15)21-11-6-9(2)13(16)10(3)7-11/h6-8H,4-5H2,1-3H3,(H,18,19,20). The summed E-state index contributed by atoms with van der Waals surface area (Å²) >= 11 is 9.64. The largest absolute Gasteiger partial charge is 0.437 e. The van der Waals surface area contributed by atoms with E-state index in [2.05, 4.69) is 38.1 Å². The Morgan fingerprint density at radius 3 is 2.57 bits per heavy atom. The molecule has 1 aromatic heterocycles. The van der Waals surface area contributed by atoms with Crippen molar-refractivity contribution in [1.29, 1.82) is 0 Å². The molecule has 1 aromatic carbocycles. The van der Waals surface area contributed by atoms with Gasteiger partial charge in [0.2, 0.25) is 11.8 Å². The minimum Gasteiger partial charge on any atom is -0.437 e. The summed E-state index contributed by atoms with van der Waals surface area (Å²) in [6.45, 7) is 6.91. The van der Waals surface area contributed by atoms with Crippen molar-refractivity contribution in [2.24, 2.45) is 0 Å². The number of anilines is 1. The fourth-order valence-corrected chi connectivity index (χ4v) is 2.18. The van der Waals surface area contributed by atoms with Gasteiger partial charge >= 0.3 is 0 Å². The van der Waals surface area contributed by atoms with E-state index in [1.807, 2.05) is 26.0 Å². The summed E-state index contributed by atoms with van der Waals surface area (Å²) in [7, 11) is 0. The molecular formula is C15H17BrClN3O. The normalized spacial score (nSPS) is 10.5. The average molecular weight is 371 g/mol. The molecule has 0 radical (unpaired) electrons. The molecule has 6 heteroatoms. The van der Waals surface area contributed by atoms with Crippen LogP contribution in [0.5, 0.6) is 11.6 Å². The molecule has 0 unspecified atom stereocenters. The zero-order chi connectivity index (χ0) is 15.4. The third kappa shape index (κ3) is 4.08. The van der Waals surface area contributed by atoms with Gasteiger partial charge in [-0.05, 0) is 43.5 Å². The molecule has 0 spiro atoms. The number of hydrogen-bond donors (Lipinski definition) is 1. The molecule has 0 saturated heterocycles. The molecule has 112 valence electrons. The number of nitrogens with one attached hydrogen (secondary N) is 1. The zero-order valence-electron chi connectivity index (χ0n) is 12.2. The third-order valence-corrected chi connectivity index (χ3v) is 4.38. The number of hydrogen-bond acceptors (Lipinski definition) is 4. The predicted octanol–water partition coefficient (Wildman–Crippen LogP) is 5.12. The van der Waals surface area contributed by atoms with Crippen molar-refractivity contribution in [3.05, 3.63) is 39.0 Å². The van der Waals surface area contributed by atoms with E-state index in [0.717, 1.165) is 28.6 Å². The van der Waals surface area contributed by atoms with Gasteiger partial charge in [0.1, 0.15) is 10.8 Å². The van der Waals surface area contributed by atoms with Crippen LogP contribution < -0.4 is 10.1 Å². The maximum absolute atomic E-state index is 6.10. The summed E-state index contributed by atoms with van der Waals surface area (Å²) in [4.78, 5) is 8.42. The lowest BCUT2D eigenvalue weighted by molar-refractivity contribution is 0.461. The lowest BCUT2D eigenvalue weighted by Crippen LogP contribution is -2.05. The number of benzene rings is 1. The molecule has 0 aliphatic carbocycles. The molecule has 0 amide bonds. The summed E-state index contributed by atoms with van der Waals surface area (Å²) in [5.41, 5.74) is 2.19. The summed E-state index contributed by atoms with van der Waals surface area (Å²) in [5, 5.41) is 3.50. The summed E-state index contributed by atoms with van der Waals surface area (Å²) in [6, 6.07) is 3.88. The van der Waals surface area contributed by atoms with E-state index >= 15 is 0 Å². The Balaban J connectivity index is 2.26. The summed E-state index contributed by atoms with van der Waals surface area (Å²) in [6.07, 6.45) is 2.54. The van der Waals surface area contributed by atoms with Crippen LogP contribution in [-0.4, -0.2) is 16.5 Å². The fraction of sp³-hybridized carbons (Fsp3) is 0.333. The highest BCUT2D eigenvalue weighted by molar-refractivity contribution is 9.10. The number of aromatic nitrogens is 2. The van der Waals surface area contributed by atoms with Gasteiger partial charge in [-0.3, -0.25) is 0 Å². The molecule has 21 heavy (non-hydrogen) atoms. The molecule has 2 aromatic rings. The number of aryl methyl sites for hydroxylation is 2. The quantitative estimate of drug-likeness (QED) is 0.793. The van der Waals surface area contributed by atoms with Crippen LogP contribution >= 0.6 is 27.5 Å². The highest BCUT2D eigenvalue weighted by Crippen LogP contribution is 2.31. The minimum atomic E-state index is 0.353. The number of ether oxygens (including phenoxy) is 1. The fourth-order valence-electron chi connectivity index (χ4n) is 1.82. The monoisotopic (exact) mass is 369 g/mol. The van der Waals surface area contributed by atoms with E-state index in [-0.39, 0.29) is 0 Å². The molecule has 0 saturated carbocycles. The molecule has 0 fully saturated rings. The lowest BCUT2D eigenvalue weighted by Gasteiger charge is -2.11. The van der Waals surface area contributed by atoms with Crippen LogP contribution in [0.15, 0.2) is 22.8 Å². The van der Waals surface area contributed by atoms with Crippen molar-refractivity contribution in [2.75, 3.05) is 11.9 Å². The molecular weight excluding hydrogens is 354 g/mol. The first-order chi connectivity index (χ1) is 10.0. The van der Waals surface area contributed by atoms with Crippen LogP contribution in [0.4, 0.5) is 5.95 Å². The van der Waals surface area contributed by atoms with Gasteiger partial charge in [-0.1, -0.05) is 34.5 Å². The first-order valence-corrected chi connectivity index (χ1v) is 7.89. The van der Waals surface area contributed by atoms with E-state index < -0.39 is 0 Å². The van der Waals surface area contributed by atoms with Crippen molar-refractivity contribution in [3.63, 3.8) is 0 Å². The Morgan fingerprint density at radius 1 is 1.29 bits per heavy atom. The van der Waals surface area contributed by atoms with Crippen LogP contribution in [-0.2, 0) is 0 Å². The molecule has 0 bridgehead atoms. The zero-order valence-corrected chi connectivity index (χ0v) is 14.5. The Bertz CT molecular complexity index is 626. The molecule has 4 nitrogen and oxygen atoms in total. The molecule has 0 aliphatic heterocycles. The number of rotatable bonds is 5. The van der Waals surface area contributed by atoms with Crippen LogP contribution in [0.25, 0.3) is 0 Å². The molecule has 0 aliphatic rings. The third-order valence-electron chi connectivity index (χ3n) is 2.87. The molecule has 1 heterocycles. The summed E-state index contributed by atoms with van der Waals surface area (Å²) in [5.74, 6) is 1.57. The first-order valence-electron chi connectivity index (χ1n) is 6.72.